The molecule has 1 fully saturated rings. The Morgan fingerprint density at radius 1 is 1.24 bits per heavy atom. The van der Waals surface area contributed by atoms with E-state index >= 15 is 0 Å². The summed E-state index contributed by atoms with van der Waals surface area (Å²) < 4.78 is 6.29. The number of hydrogen-bond acceptors (Lipinski definition) is 8. The van der Waals surface area contributed by atoms with Gasteiger partial charge in [-0.25, -0.2) is 4.98 Å². The van der Waals surface area contributed by atoms with Crippen molar-refractivity contribution >= 4 is 16.7 Å². The molecule has 1 aromatic carbocycles. The predicted octanol–water partition coefficient (Wildman–Crippen LogP) is 4.64. The van der Waals surface area contributed by atoms with Gasteiger partial charge in [0.1, 0.15) is 29.4 Å². The predicted molar refractivity (Wildman–Crippen MR) is 141 cm³/mol. The smallest absolute Gasteiger partial charge is 0.146 e. The van der Waals surface area contributed by atoms with Crippen LogP contribution in [0.2, 0.25) is 0 Å². The Kier molecular flexibility index (Phi) is 6.30. The molecule has 5 rings (SSSR count). The highest BCUT2D eigenvalue weighted by molar-refractivity contribution is 5.94. The van der Waals surface area contributed by atoms with E-state index in [9.17, 15) is 10.4 Å². The number of hydrogen-bond donors (Lipinski definition) is 2. The van der Waals surface area contributed by atoms with Crippen LogP contribution in [0.1, 0.15) is 55.7 Å². The molecule has 0 amide bonds. The SMILES string of the molecule is Cc1cnnc(C)c1C(C)Oc1ccc2[nH]nc(-c3cnc(N4CC[C@@H](C(C)(C)O)C4)c(C#N)c3)c2c1. The number of ether oxygens (including phenoxy) is 1. The van der Waals surface area contributed by atoms with Crippen LogP contribution in [-0.4, -0.2) is 49.2 Å². The number of aromatic amines is 1. The lowest BCUT2D eigenvalue weighted by Crippen LogP contribution is -2.33. The quantitative estimate of drug-likeness (QED) is 0.395. The van der Waals surface area contributed by atoms with Crippen LogP contribution in [0.4, 0.5) is 5.82 Å². The van der Waals surface area contributed by atoms with Crippen LogP contribution in [0.15, 0.2) is 36.7 Å². The molecule has 4 aromatic rings. The Morgan fingerprint density at radius 2 is 2.05 bits per heavy atom. The molecule has 0 spiro atoms. The normalized spacial score (nSPS) is 16.7. The van der Waals surface area contributed by atoms with E-state index in [1.807, 2.05) is 58.9 Å². The maximum atomic E-state index is 10.4. The molecular weight excluding hydrogens is 466 g/mol. The molecule has 4 heterocycles. The number of benzene rings is 1. The summed E-state index contributed by atoms with van der Waals surface area (Å²) in [6.07, 6.45) is 4.16. The van der Waals surface area contributed by atoms with Gasteiger partial charge in [0.25, 0.3) is 0 Å². The van der Waals surface area contributed by atoms with Crippen LogP contribution < -0.4 is 9.64 Å². The van der Waals surface area contributed by atoms with Crippen LogP contribution in [0.5, 0.6) is 5.75 Å². The van der Waals surface area contributed by atoms with Crippen LogP contribution in [0.25, 0.3) is 22.2 Å². The Labute approximate surface area is 216 Å². The van der Waals surface area contributed by atoms with Gasteiger partial charge in [-0.05, 0) is 70.9 Å². The fourth-order valence-corrected chi connectivity index (χ4v) is 5.23. The van der Waals surface area contributed by atoms with Gasteiger partial charge in [0.2, 0.25) is 0 Å². The molecule has 0 bridgehead atoms. The zero-order valence-electron chi connectivity index (χ0n) is 21.8. The van der Waals surface area contributed by atoms with Gasteiger partial charge in [0.05, 0.1) is 28.6 Å². The molecule has 1 saturated heterocycles. The second-order valence-corrected chi connectivity index (χ2v) is 10.4. The van der Waals surface area contributed by atoms with Crippen molar-refractivity contribution in [1.82, 2.24) is 25.4 Å². The molecule has 37 heavy (non-hydrogen) atoms. The number of anilines is 1. The van der Waals surface area contributed by atoms with E-state index in [4.69, 9.17) is 4.74 Å². The first-order valence-electron chi connectivity index (χ1n) is 12.5. The van der Waals surface area contributed by atoms with Gasteiger partial charge in [-0.3, -0.25) is 5.10 Å². The average molecular weight is 498 g/mol. The van der Waals surface area contributed by atoms with Crippen molar-refractivity contribution in [2.75, 3.05) is 18.0 Å². The van der Waals surface area contributed by atoms with Gasteiger partial charge in [0, 0.05) is 41.7 Å². The third kappa shape index (κ3) is 4.72. The Hall–Kier alpha value is -4.03. The molecule has 1 aliphatic heterocycles. The molecule has 0 saturated carbocycles. The number of aliphatic hydroxyl groups is 1. The maximum absolute atomic E-state index is 10.4. The summed E-state index contributed by atoms with van der Waals surface area (Å²) >= 11 is 0. The third-order valence-electron chi connectivity index (χ3n) is 7.27. The summed E-state index contributed by atoms with van der Waals surface area (Å²) in [5.74, 6) is 1.48. The number of aryl methyl sites for hydroxylation is 2. The number of nitrogens with zero attached hydrogens (tertiary/aromatic N) is 6. The van der Waals surface area contributed by atoms with Crippen molar-refractivity contribution in [3.63, 3.8) is 0 Å². The Bertz CT molecular complexity index is 1480. The summed E-state index contributed by atoms with van der Waals surface area (Å²) in [5.41, 5.74) is 4.95. The lowest BCUT2D eigenvalue weighted by atomic mass is 9.90. The highest BCUT2D eigenvalue weighted by atomic mass is 16.5. The van der Waals surface area contributed by atoms with E-state index in [0.29, 0.717) is 29.4 Å². The van der Waals surface area contributed by atoms with Crippen LogP contribution >= 0.6 is 0 Å². The Balaban J connectivity index is 1.44. The second kappa shape index (κ2) is 9.45. The largest absolute Gasteiger partial charge is 0.486 e. The van der Waals surface area contributed by atoms with E-state index in [0.717, 1.165) is 46.3 Å². The number of fused-ring (bicyclic) bond motifs is 1. The minimum atomic E-state index is -0.766. The summed E-state index contributed by atoms with van der Waals surface area (Å²) in [7, 11) is 0. The van der Waals surface area contributed by atoms with E-state index in [1.54, 1.807) is 12.4 Å². The third-order valence-corrected chi connectivity index (χ3v) is 7.27. The molecule has 3 aromatic heterocycles. The van der Waals surface area contributed by atoms with Crippen molar-refractivity contribution in [2.24, 2.45) is 5.92 Å². The zero-order chi connectivity index (χ0) is 26.3. The van der Waals surface area contributed by atoms with Crippen LogP contribution in [0, 0.1) is 31.1 Å². The monoisotopic (exact) mass is 497 g/mol. The standard InChI is InChI=1S/C28H31N7O2/c1-16-13-31-32-17(2)25(16)18(3)37-22-6-7-24-23(11-22)26(34-33-24)20-10-19(12-29)27(30-14-20)35-9-8-21(15-35)28(4,5)36/h6-7,10-11,13-14,18,21,36H,8-9,15H2,1-5H3,(H,33,34)/t18?,21-/m1/s1. The topological polar surface area (TPSA) is 124 Å². The number of rotatable bonds is 6. The van der Waals surface area contributed by atoms with Gasteiger partial charge in [0.15, 0.2) is 0 Å². The number of aromatic nitrogens is 5. The van der Waals surface area contributed by atoms with Crippen LogP contribution in [-0.2, 0) is 0 Å². The molecule has 9 nitrogen and oxygen atoms in total. The lowest BCUT2D eigenvalue weighted by molar-refractivity contribution is 0.0263. The number of pyridine rings is 1. The van der Waals surface area contributed by atoms with E-state index in [1.165, 1.54) is 0 Å². The Morgan fingerprint density at radius 3 is 2.76 bits per heavy atom. The minimum Gasteiger partial charge on any atom is -0.486 e. The van der Waals surface area contributed by atoms with Gasteiger partial charge in [-0.2, -0.15) is 20.6 Å². The first kappa shape index (κ1) is 24.7. The summed E-state index contributed by atoms with van der Waals surface area (Å²) in [5, 5.41) is 37.0. The first-order chi connectivity index (χ1) is 17.7. The van der Waals surface area contributed by atoms with E-state index < -0.39 is 5.60 Å². The molecule has 190 valence electrons. The van der Waals surface area contributed by atoms with Gasteiger partial charge in [-0.1, -0.05) is 0 Å². The fraction of sp³-hybridized carbons (Fsp3) is 0.393. The highest BCUT2D eigenvalue weighted by Crippen LogP contribution is 2.35. The molecular formula is C28H31N7O2. The van der Waals surface area contributed by atoms with E-state index in [2.05, 4.69) is 36.3 Å². The molecule has 9 heteroatoms. The molecule has 1 unspecified atom stereocenters. The summed E-state index contributed by atoms with van der Waals surface area (Å²) in [4.78, 5) is 6.75. The molecule has 2 N–H and O–H groups in total. The van der Waals surface area contributed by atoms with Gasteiger partial charge < -0.3 is 14.7 Å². The van der Waals surface area contributed by atoms with Crippen molar-refractivity contribution in [3.05, 3.63) is 59.0 Å². The first-order valence-corrected chi connectivity index (χ1v) is 12.5. The van der Waals surface area contributed by atoms with E-state index in [-0.39, 0.29) is 12.0 Å². The molecule has 0 radical (unpaired) electrons. The second-order valence-electron chi connectivity index (χ2n) is 10.4. The maximum Gasteiger partial charge on any atom is 0.146 e. The molecule has 1 aliphatic rings. The average Bonchev–Trinajstić information content (AvgIpc) is 3.51. The molecule has 2 atom stereocenters. The highest BCUT2D eigenvalue weighted by Gasteiger charge is 2.34. The van der Waals surface area contributed by atoms with Crippen molar-refractivity contribution < 1.29 is 9.84 Å². The summed E-state index contributed by atoms with van der Waals surface area (Å²) in [6, 6.07) is 9.94. The van der Waals surface area contributed by atoms with Crippen molar-refractivity contribution in [2.45, 2.75) is 52.7 Å². The van der Waals surface area contributed by atoms with Gasteiger partial charge >= 0.3 is 0 Å². The van der Waals surface area contributed by atoms with Crippen molar-refractivity contribution in [1.29, 1.82) is 5.26 Å². The summed E-state index contributed by atoms with van der Waals surface area (Å²) in [6.45, 7) is 11.0. The van der Waals surface area contributed by atoms with Gasteiger partial charge in [-0.15, -0.1) is 0 Å². The van der Waals surface area contributed by atoms with Crippen molar-refractivity contribution in [3.8, 4) is 23.1 Å². The number of nitrogens with one attached hydrogen (secondary N) is 1. The molecule has 0 aliphatic carbocycles. The minimum absolute atomic E-state index is 0.132. The fourth-order valence-electron chi connectivity index (χ4n) is 5.23. The van der Waals surface area contributed by atoms with Crippen LogP contribution in [0.3, 0.4) is 0 Å². The lowest BCUT2D eigenvalue weighted by Gasteiger charge is -2.26. The number of H-pyrrole nitrogens is 1. The zero-order valence-corrected chi connectivity index (χ0v) is 21.8. The number of nitriles is 1.